The molecule has 8 aliphatic heterocycles. The van der Waals surface area contributed by atoms with Crippen LogP contribution in [0.5, 0.6) is 0 Å². The lowest BCUT2D eigenvalue weighted by Crippen LogP contribution is -2.70. The Balaban J connectivity index is 1.19. The van der Waals surface area contributed by atoms with Gasteiger partial charge in [0, 0.05) is 12.8 Å². The fourth-order valence-corrected chi connectivity index (χ4v) is 10.5. The predicted octanol–water partition coefficient (Wildman–Crippen LogP) is 4.04. The molecule has 0 unspecified atom stereocenters. The Morgan fingerprint density at radius 1 is 0.440 bits per heavy atom. The van der Waals surface area contributed by atoms with E-state index in [0.717, 1.165) is 34.4 Å². The molecular weight excluding hydrogens is 324 g/mol. The number of rotatable bonds is 2. The molecule has 0 spiro atoms. The van der Waals surface area contributed by atoms with Crippen LogP contribution in [0.4, 0.5) is 0 Å². The van der Waals surface area contributed by atoms with Crippen molar-refractivity contribution in [3.8, 4) is 0 Å². The van der Waals surface area contributed by atoms with Gasteiger partial charge < -0.3 is 8.97 Å². The first-order valence-electron chi connectivity index (χ1n) is 11.6. The van der Waals surface area contributed by atoms with E-state index in [-0.39, 0.29) is 0 Å². The van der Waals surface area contributed by atoms with Crippen LogP contribution in [0, 0.1) is 11.8 Å². The van der Waals surface area contributed by atoms with Crippen molar-refractivity contribution in [2.75, 3.05) is 39.3 Å². The maximum Gasteiger partial charge on any atom is 0.101 e. The summed E-state index contributed by atoms with van der Waals surface area (Å²) in [6.07, 6.45) is 15.6. The Labute approximate surface area is 158 Å². The van der Waals surface area contributed by atoms with Crippen LogP contribution in [-0.2, 0) is 0 Å². The first-order chi connectivity index (χ1) is 12.3. The summed E-state index contributed by atoms with van der Waals surface area (Å²) in [5.74, 6) is 2.22. The molecule has 0 aromatic heterocycles. The molecule has 8 rings (SSSR count). The lowest BCUT2D eigenvalue weighted by molar-refractivity contribution is -0.970. The molecule has 0 amide bonds. The molecule has 0 radical (unpaired) electrons. The van der Waals surface area contributed by atoms with E-state index in [1.807, 2.05) is 0 Å². The molecule has 0 saturated carbocycles. The van der Waals surface area contributed by atoms with Crippen LogP contribution in [-0.4, -0.2) is 70.8 Å². The van der Waals surface area contributed by atoms with Crippen LogP contribution in [0.25, 0.3) is 0 Å². The molecular formula is C22H38N2S+2. The zero-order valence-electron chi connectivity index (χ0n) is 16.1. The molecule has 6 bridgehead atoms. The van der Waals surface area contributed by atoms with Crippen LogP contribution in [0.15, 0.2) is 0 Å². The number of nitrogens with zero attached hydrogens (tertiary/aromatic N) is 2. The highest BCUT2D eigenvalue weighted by Crippen LogP contribution is 2.52. The summed E-state index contributed by atoms with van der Waals surface area (Å²) in [5, 5.41) is 2.04. The summed E-state index contributed by atoms with van der Waals surface area (Å²) in [7, 11) is 0. The summed E-state index contributed by atoms with van der Waals surface area (Å²) < 4.78 is 3.13. The molecule has 2 nitrogen and oxygen atoms in total. The van der Waals surface area contributed by atoms with E-state index in [1.165, 1.54) is 0 Å². The Bertz CT molecular complexity index is 445. The quantitative estimate of drug-likeness (QED) is 0.668. The van der Waals surface area contributed by atoms with Gasteiger partial charge in [-0.05, 0) is 63.2 Å². The molecule has 8 heterocycles. The lowest BCUT2D eigenvalue weighted by atomic mass is 9.78. The fourth-order valence-electron chi connectivity index (χ4n) is 8.39. The molecule has 0 aromatic carbocycles. The number of quaternary nitrogens is 2. The molecule has 0 N–H and O–H groups in total. The fraction of sp³-hybridized carbons (Fsp3) is 1.00. The standard InChI is InChI=1S/C22H38N2S/c1-3-21-20(24-14-8-18(9-15-24)10-16-24)2-4-22(25-21)19(1)23-11-5-17(6-12-23)7-13-23/h17-22H,1-16H2/q+2/t17?,18?,19-,20-,21-,22-,23?,24?/m1/s1. The van der Waals surface area contributed by atoms with Gasteiger partial charge in [-0.3, -0.25) is 0 Å². The van der Waals surface area contributed by atoms with Crippen molar-refractivity contribution in [1.29, 1.82) is 0 Å². The van der Waals surface area contributed by atoms with Crippen molar-refractivity contribution in [2.24, 2.45) is 11.8 Å². The molecule has 8 fully saturated rings. The van der Waals surface area contributed by atoms with Gasteiger partial charge in [0.1, 0.15) is 12.1 Å². The second-order valence-corrected chi connectivity index (χ2v) is 12.2. The van der Waals surface area contributed by atoms with E-state index in [4.69, 9.17) is 0 Å². The Morgan fingerprint density at radius 2 is 0.800 bits per heavy atom. The molecule has 0 aliphatic carbocycles. The van der Waals surface area contributed by atoms with Gasteiger partial charge in [0.25, 0.3) is 0 Å². The van der Waals surface area contributed by atoms with Crippen molar-refractivity contribution in [3.63, 3.8) is 0 Å². The van der Waals surface area contributed by atoms with Gasteiger partial charge in [0.05, 0.1) is 49.8 Å². The zero-order valence-corrected chi connectivity index (χ0v) is 16.9. The van der Waals surface area contributed by atoms with Crippen LogP contribution in [0.3, 0.4) is 0 Å². The Morgan fingerprint density at radius 3 is 1.16 bits per heavy atom. The highest BCUT2D eigenvalue weighted by atomic mass is 32.2. The van der Waals surface area contributed by atoms with Crippen LogP contribution in [0.1, 0.15) is 64.2 Å². The molecule has 3 heteroatoms. The largest absolute Gasteiger partial charge is 0.320 e. The van der Waals surface area contributed by atoms with E-state index < -0.39 is 0 Å². The van der Waals surface area contributed by atoms with E-state index >= 15 is 0 Å². The van der Waals surface area contributed by atoms with Gasteiger partial charge in [-0.1, -0.05) is 0 Å². The summed E-state index contributed by atoms with van der Waals surface area (Å²) in [6.45, 7) is 9.26. The smallest absolute Gasteiger partial charge is 0.101 e. The third kappa shape index (κ3) is 2.44. The average molecular weight is 363 g/mol. The van der Waals surface area contributed by atoms with E-state index in [2.05, 4.69) is 11.8 Å². The van der Waals surface area contributed by atoms with Gasteiger partial charge in [-0.2, -0.15) is 0 Å². The highest BCUT2D eigenvalue weighted by molar-refractivity contribution is 8.00. The topological polar surface area (TPSA) is 0 Å². The summed E-state index contributed by atoms with van der Waals surface area (Å²) in [6, 6.07) is 2.08. The van der Waals surface area contributed by atoms with Crippen molar-refractivity contribution >= 4 is 11.8 Å². The molecule has 25 heavy (non-hydrogen) atoms. The third-order valence-corrected chi connectivity index (χ3v) is 11.8. The number of piperidine rings is 6. The first kappa shape index (κ1) is 16.2. The van der Waals surface area contributed by atoms with Crippen LogP contribution >= 0.6 is 11.8 Å². The molecule has 140 valence electrons. The van der Waals surface area contributed by atoms with Gasteiger partial charge >= 0.3 is 0 Å². The van der Waals surface area contributed by atoms with Crippen molar-refractivity contribution in [2.45, 2.75) is 86.8 Å². The summed E-state index contributed by atoms with van der Waals surface area (Å²) in [5.41, 5.74) is 0. The second-order valence-electron chi connectivity index (χ2n) is 10.7. The minimum atomic E-state index is 1.02. The minimum absolute atomic E-state index is 1.02. The maximum atomic E-state index is 2.51. The first-order valence-corrected chi connectivity index (χ1v) is 12.6. The van der Waals surface area contributed by atoms with E-state index in [0.29, 0.717) is 0 Å². The second kappa shape index (κ2) is 5.88. The number of fused-ring (bicyclic) bond motifs is 8. The van der Waals surface area contributed by atoms with Crippen molar-refractivity contribution < 1.29 is 8.97 Å². The highest BCUT2D eigenvalue weighted by Gasteiger charge is 2.56. The predicted molar refractivity (Wildman–Crippen MR) is 106 cm³/mol. The number of hydrogen-bond acceptors (Lipinski definition) is 1. The summed E-state index contributed by atoms with van der Waals surface area (Å²) >= 11 is 2.51. The molecule has 8 aliphatic rings. The van der Waals surface area contributed by atoms with Gasteiger partial charge in [-0.25, -0.2) is 0 Å². The maximum absolute atomic E-state index is 2.51. The van der Waals surface area contributed by atoms with Gasteiger partial charge in [-0.15, -0.1) is 11.8 Å². The summed E-state index contributed by atoms with van der Waals surface area (Å²) in [4.78, 5) is 0. The molecule has 8 saturated heterocycles. The lowest BCUT2D eigenvalue weighted by Gasteiger charge is -2.61. The minimum Gasteiger partial charge on any atom is -0.320 e. The zero-order chi connectivity index (χ0) is 16.5. The van der Waals surface area contributed by atoms with Crippen molar-refractivity contribution in [1.82, 2.24) is 0 Å². The third-order valence-electron chi connectivity index (χ3n) is 10.0. The van der Waals surface area contributed by atoms with E-state index in [9.17, 15) is 0 Å². The van der Waals surface area contributed by atoms with E-state index in [1.54, 1.807) is 112 Å². The van der Waals surface area contributed by atoms with Crippen LogP contribution < -0.4 is 0 Å². The SMILES string of the molecule is C1C[N+]2([C@@H]3CC[C@H]4S[C@@H]3CC[C@H]4[N+]34CCC(CC3)CC4)CCC1CC2. The van der Waals surface area contributed by atoms with Gasteiger partial charge in [0.2, 0.25) is 0 Å². The van der Waals surface area contributed by atoms with Crippen LogP contribution in [0.2, 0.25) is 0 Å². The molecule has 4 atom stereocenters. The number of thioether (sulfide) groups is 1. The van der Waals surface area contributed by atoms with Crippen molar-refractivity contribution in [3.05, 3.63) is 0 Å². The van der Waals surface area contributed by atoms with Gasteiger partial charge in [0.15, 0.2) is 0 Å². The number of hydrogen-bond donors (Lipinski definition) is 0. The monoisotopic (exact) mass is 362 g/mol. The normalized spacial score (nSPS) is 57.6. The molecule has 0 aromatic rings. The Hall–Kier alpha value is 0.270. The Kier molecular flexibility index (Phi) is 3.82. The average Bonchev–Trinajstić information content (AvgIpc) is 2.71.